The lowest BCUT2D eigenvalue weighted by atomic mass is 10.1. The van der Waals surface area contributed by atoms with Crippen molar-refractivity contribution < 1.29 is 9.59 Å². The summed E-state index contributed by atoms with van der Waals surface area (Å²) in [6.45, 7) is 0. The van der Waals surface area contributed by atoms with Crippen LogP contribution >= 0.6 is 0 Å². The molecule has 148 valence electrons. The average Bonchev–Trinajstić information content (AvgIpc) is 3.37. The van der Waals surface area contributed by atoms with E-state index >= 15 is 0 Å². The maximum atomic E-state index is 11.9. The fourth-order valence-corrected chi connectivity index (χ4v) is 3.53. The van der Waals surface area contributed by atoms with Crippen LogP contribution in [-0.4, -0.2) is 32.5 Å². The molecule has 5 rings (SSSR count). The molecule has 0 radical (unpaired) electrons. The Balaban J connectivity index is 1.57. The molecule has 2 aromatic heterocycles. The van der Waals surface area contributed by atoms with Crippen molar-refractivity contribution in [2.75, 3.05) is 5.32 Å². The molecule has 2 aliphatic rings. The van der Waals surface area contributed by atoms with Gasteiger partial charge in [-0.05, 0) is 36.6 Å². The summed E-state index contributed by atoms with van der Waals surface area (Å²) in [5, 5.41) is 19.4. The topological polar surface area (TPSA) is 112 Å². The molecule has 8 nitrogen and oxygen atoms in total. The third kappa shape index (κ3) is 3.53. The number of hydrogen-bond acceptors (Lipinski definition) is 6. The number of aromatic nitrogens is 3. The number of amides is 2. The van der Waals surface area contributed by atoms with Gasteiger partial charge in [-0.3, -0.25) is 14.9 Å². The number of carbonyl (C=O) groups excluding carboxylic acids is 2. The van der Waals surface area contributed by atoms with E-state index in [0.717, 1.165) is 29.9 Å². The Hall–Kier alpha value is -3.99. The molecule has 30 heavy (non-hydrogen) atoms. The van der Waals surface area contributed by atoms with Crippen LogP contribution in [0.2, 0.25) is 0 Å². The normalized spacial score (nSPS) is 17.4. The summed E-state index contributed by atoms with van der Waals surface area (Å²) in [4.78, 5) is 28.2. The number of nitrogens with zero attached hydrogens (tertiary/aromatic N) is 4. The van der Waals surface area contributed by atoms with Crippen molar-refractivity contribution in [1.82, 2.24) is 19.9 Å². The zero-order valence-corrected chi connectivity index (χ0v) is 16.1. The van der Waals surface area contributed by atoms with Crippen molar-refractivity contribution in [3.8, 4) is 6.07 Å². The molecule has 1 saturated heterocycles. The van der Waals surface area contributed by atoms with Crippen molar-refractivity contribution in [2.24, 2.45) is 0 Å². The minimum absolute atomic E-state index is 0.0595. The lowest BCUT2D eigenvalue weighted by molar-refractivity contribution is -0.124. The van der Waals surface area contributed by atoms with E-state index in [4.69, 9.17) is 10.2 Å². The van der Waals surface area contributed by atoms with Gasteiger partial charge in [-0.15, -0.1) is 0 Å². The second-order valence-corrected chi connectivity index (χ2v) is 7.60. The Kier molecular flexibility index (Phi) is 4.29. The predicted octanol–water partition coefficient (Wildman–Crippen LogP) is 2.20. The number of hydrogen-bond donors (Lipinski definition) is 2. The van der Waals surface area contributed by atoms with Crippen LogP contribution in [0.15, 0.2) is 42.1 Å². The van der Waals surface area contributed by atoms with Gasteiger partial charge in [0.15, 0.2) is 5.65 Å². The number of nitriles is 1. The Morgan fingerprint density at radius 2 is 2.17 bits per heavy atom. The van der Waals surface area contributed by atoms with Crippen molar-refractivity contribution in [2.45, 2.75) is 31.7 Å². The minimum atomic E-state index is -0.375. The highest BCUT2D eigenvalue weighted by atomic mass is 16.2. The van der Waals surface area contributed by atoms with E-state index in [1.54, 1.807) is 22.9 Å². The van der Waals surface area contributed by atoms with Crippen LogP contribution in [0.3, 0.4) is 0 Å². The zero-order chi connectivity index (χ0) is 20.7. The van der Waals surface area contributed by atoms with Crippen molar-refractivity contribution in [1.29, 1.82) is 5.26 Å². The second kappa shape index (κ2) is 7.12. The summed E-state index contributed by atoms with van der Waals surface area (Å²) < 4.78 is 1.73. The van der Waals surface area contributed by atoms with E-state index in [1.165, 1.54) is 0 Å². The van der Waals surface area contributed by atoms with Gasteiger partial charge in [0, 0.05) is 29.7 Å². The third-order valence-electron chi connectivity index (χ3n) is 5.15. The summed E-state index contributed by atoms with van der Waals surface area (Å²) in [7, 11) is 0. The molecular weight excluding hydrogens is 380 g/mol. The predicted molar refractivity (Wildman–Crippen MR) is 109 cm³/mol. The van der Waals surface area contributed by atoms with Gasteiger partial charge in [-0.2, -0.15) is 14.9 Å². The number of imide groups is 1. The van der Waals surface area contributed by atoms with Crippen LogP contribution in [0.4, 0.5) is 5.82 Å². The molecule has 3 heterocycles. The largest absolute Gasteiger partial charge is 0.367 e. The molecule has 1 saturated carbocycles. The van der Waals surface area contributed by atoms with Crippen LogP contribution in [-0.2, 0) is 16.0 Å². The number of anilines is 1. The molecule has 0 atom stereocenters. The molecule has 1 aromatic carbocycles. The molecule has 8 heteroatoms. The minimum Gasteiger partial charge on any atom is -0.367 e. The highest BCUT2D eigenvalue weighted by molar-refractivity contribution is 6.15. The lowest BCUT2D eigenvalue weighted by Crippen LogP contribution is -2.19. The van der Waals surface area contributed by atoms with Crippen LogP contribution < -0.4 is 10.6 Å². The Bertz CT molecular complexity index is 1260. The van der Waals surface area contributed by atoms with Crippen LogP contribution in [0, 0.1) is 11.3 Å². The van der Waals surface area contributed by atoms with E-state index in [-0.39, 0.29) is 18.2 Å². The summed E-state index contributed by atoms with van der Waals surface area (Å²) in [5.74, 6) is 0.163. The summed E-state index contributed by atoms with van der Waals surface area (Å²) >= 11 is 0. The molecule has 3 aromatic rings. The number of fused-ring (bicyclic) bond motifs is 1. The maximum Gasteiger partial charge on any atom is 0.254 e. The average molecular weight is 398 g/mol. The first-order chi connectivity index (χ1) is 14.6. The Morgan fingerprint density at radius 1 is 1.30 bits per heavy atom. The molecule has 2 fully saturated rings. The fraction of sp³-hybridized carbons (Fsp3) is 0.227. The van der Waals surface area contributed by atoms with Crippen LogP contribution in [0.1, 0.15) is 41.6 Å². The monoisotopic (exact) mass is 398 g/mol. The standard InChI is InChI=1S/C22H18N6O2/c23-11-14-3-1-2-13(6-14)7-18-10-19(25-17-4-5-17)28-21(26-18)16(12-24-28)8-15-9-20(29)27-22(15)30/h1-3,6,8,10,12,17,25H,4-5,7,9H2,(H,27,29,30)/b15-8+. The van der Waals surface area contributed by atoms with Gasteiger partial charge in [0.2, 0.25) is 5.91 Å². The smallest absolute Gasteiger partial charge is 0.254 e. The summed E-state index contributed by atoms with van der Waals surface area (Å²) in [6, 6.07) is 12.0. The van der Waals surface area contributed by atoms with E-state index in [0.29, 0.717) is 34.8 Å². The highest BCUT2D eigenvalue weighted by Gasteiger charge is 2.25. The number of rotatable bonds is 5. The molecule has 2 N–H and O–H groups in total. The first kappa shape index (κ1) is 18.1. The third-order valence-corrected chi connectivity index (χ3v) is 5.15. The van der Waals surface area contributed by atoms with Gasteiger partial charge < -0.3 is 5.32 Å². The van der Waals surface area contributed by atoms with E-state index in [9.17, 15) is 9.59 Å². The number of benzene rings is 1. The van der Waals surface area contributed by atoms with Gasteiger partial charge in [0.1, 0.15) is 5.82 Å². The van der Waals surface area contributed by atoms with E-state index in [2.05, 4.69) is 21.8 Å². The van der Waals surface area contributed by atoms with Gasteiger partial charge in [0.05, 0.1) is 29.9 Å². The molecule has 1 aliphatic carbocycles. The Labute approximate surface area is 172 Å². The number of carbonyl (C=O) groups is 2. The van der Waals surface area contributed by atoms with Gasteiger partial charge in [-0.25, -0.2) is 4.98 Å². The quantitative estimate of drug-likeness (QED) is 0.503. The first-order valence-electron chi connectivity index (χ1n) is 9.77. The molecular formula is C22H18N6O2. The molecule has 0 spiro atoms. The van der Waals surface area contributed by atoms with Crippen molar-refractivity contribution >= 4 is 29.4 Å². The highest BCUT2D eigenvalue weighted by Crippen LogP contribution is 2.27. The Morgan fingerprint density at radius 3 is 2.90 bits per heavy atom. The molecule has 0 unspecified atom stereocenters. The van der Waals surface area contributed by atoms with Crippen LogP contribution in [0.25, 0.3) is 11.7 Å². The fourth-order valence-electron chi connectivity index (χ4n) is 3.53. The van der Waals surface area contributed by atoms with Gasteiger partial charge >= 0.3 is 0 Å². The van der Waals surface area contributed by atoms with Crippen molar-refractivity contribution in [3.63, 3.8) is 0 Å². The van der Waals surface area contributed by atoms with E-state index < -0.39 is 0 Å². The molecule has 0 bridgehead atoms. The van der Waals surface area contributed by atoms with Gasteiger partial charge in [-0.1, -0.05) is 12.1 Å². The second-order valence-electron chi connectivity index (χ2n) is 7.60. The van der Waals surface area contributed by atoms with E-state index in [1.807, 2.05) is 24.3 Å². The zero-order valence-electron chi connectivity index (χ0n) is 16.1. The number of nitrogens with one attached hydrogen (secondary N) is 2. The maximum absolute atomic E-state index is 11.9. The molecule has 1 aliphatic heterocycles. The summed E-state index contributed by atoms with van der Waals surface area (Å²) in [5.41, 5.74) is 4.13. The van der Waals surface area contributed by atoms with Gasteiger partial charge in [0.25, 0.3) is 5.91 Å². The lowest BCUT2D eigenvalue weighted by Gasteiger charge is -2.10. The molecule has 2 amide bonds. The van der Waals surface area contributed by atoms with Crippen LogP contribution in [0.5, 0.6) is 0 Å². The first-order valence-corrected chi connectivity index (χ1v) is 9.77. The SMILES string of the molecule is N#Cc1cccc(Cc2cc(NC3CC3)n3ncc(/C=C4\CC(=O)NC4=O)c3n2)c1. The summed E-state index contributed by atoms with van der Waals surface area (Å²) in [6.07, 6.45) is 6.18. The van der Waals surface area contributed by atoms with Crippen molar-refractivity contribution in [3.05, 3.63) is 64.5 Å².